The summed E-state index contributed by atoms with van der Waals surface area (Å²) in [7, 11) is 0. The molecule has 0 aromatic heterocycles. The van der Waals surface area contributed by atoms with E-state index in [2.05, 4.69) is 0 Å². The number of aliphatic carboxylic acids is 1. The molecule has 1 aromatic rings. The molecule has 0 radical (unpaired) electrons. The van der Waals surface area contributed by atoms with Gasteiger partial charge in [-0.15, -0.1) is 23.5 Å². The molecular formula is C15H13NO5S2. The Morgan fingerprint density at radius 1 is 1.17 bits per heavy atom. The van der Waals surface area contributed by atoms with Gasteiger partial charge in [0, 0.05) is 12.1 Å². The van der Waals surface area contributed by atoms with Gasteiger partial charge in [-0.1, -0.05) is 6.08 Å². The molecule has 0 atom stereocenters. The molecule has 1 saturated heterocycles. The van der Waals surface area contributed by atoms with E-state index < -0.39 is 16.7 Å². The van der Waals surface area contributed by atoms with Crippen molar-refractivity contribution in [3.8, 4) is 0 Å². The van der Waals surface area contributed by atoms with E-state index in [0.29, 0.717) is 9.80 Å². The summed E-state index contributed by atoms with van der Waals surface area (Å²) in [6.45, 7) is 0. The maximum absolute atomic E-state index is 12.2. The van der Waals surface area contributed by atoms with Crippen molar-refractivity contribution in [1.29, 1.82) is 0 Å². The van der Waals surface area contributed by atoms with Crippen LogP contribution in [-0.4, -0.2) is 33.3 Å². The van der Waals surface area contributed by atoms with Gasteiger partial charge in [-0.2, -0.15) is 0 Å². The first-order valence-corrected chi connectivity index (χ1v) is 8.66. The molecule has 0 spiro atoms. The van der Waals surface area contributed by atoms with E-state index in [0.717, 1.165) is 17.9 Å². The number of carbonyl (C=O) groups is 2. The predicted molar refractivity (Wildman–Crippen MR) is 91.3 cm³/mol. The Hall–Kier alpha value is -2.06. The number of benzene rings is 1. The number of ketones is 1. The van der Waals surface area contributed by atoms with E-state index >= 15 is 0 Å². The van der Waals surface area contributed by atoms with Crippen LogP contribution in [0.25, 0.3) is 6.08 Å². The third-order valence-electron chi connectivity index (χ3n) is 2.95. The van der Waals surface area contributed by atoms with Crippen molar-refractivity contribution in [2.24, 2.45) is 0 Å². The van der Waals surface area contributed by atoms with E-state index in [1.54, 1.807) is 0 Å². The Balaban J connectivity index is 2.18. The fourth-order valence-corrected chi connectivity index (χ4v) is 4.46. The van der Waals surface area contributed by atoms with E-state index in [1.165, 1.54) is 59.9 Å². The molecule has 1 N–H and O–H groups in total. The molecule has 0 bridgehead atoms. The number of nitrogens with zero attached hydrogens (tertiary/aromatic N) is 1. The van der Waals surface area contributed by atoms with Gasteiger partial charge < -0.3 is 5.11 Å². The molecule has 1 aromatic carbocycles. The fraction of sp³-hybridized carbons (Fsp3) is 0.200. The number of carboxylic acid groups (broad SMARTS) is 1. The average molecular weight is 351 g/mol. The monoisotopic (exact) mass is 351 g/mol. The summed E-state index contributed by atoms with van der Waals surface area (Å²) in [6.07, 6.45) is 3.62. The van der Waals surface area contributed by atoms with Crippen molar-refractivity contribution in [2.75, 3.05) is 11.5 Å². The van der Waals surface area contributed by atoms with Crippen LogP contribution < -0.4 is 0 Å². The van der Waals surface area contributed by atoms with Gasteiger partial charge in [-0.05, 0) is 41.7 Å². The van der Waals surface area contributed by atoms with Crippen LogP contribution in [-0.2, 0) is 9.59 Å². The molecule has 1 heterocycles. The molecule has 0 aliphatic carbocycles. The van der Waals surface area contributed by atoms with Crippen molar-refractivity contribution in [2.45, 2.75) is 6.42 Å². The minimum atomic E-state index is -1.24. The number of allylic oxidation sites excluding steroid dienone is 1. The second-order valence-electron chi connectivity index (χ2n) is 4.56. The summed E-state index contributed by atoms with van der Waals surface area (Å²) in [5.41, 5.74) is 0.331. The van der Waals surface area contributed by atoms with Crippen molar-refractivity contribution in [3.05, 3.63) is 55.8 Å². The lowest BCUT2D eigenvalue weighted by Gasteiger charge is -2.14. The molecule has 2 rings (SSSR count). The van der Waals surface area contributed by atoms with Crippen molar-refractivity contribution in [3.63, 3.8) is 0 Å². The summed E-state index contributed by atoms with van der Waals surface area (Å²) in [5.74, 6) is -0.204. The molecule has 0 unspecified atom stereocenters. The number of thioether (sulfide) groups is 2. The second-order valence-corrected chi connectivity index (χ2v) is 7.03. The maximum atomic E-state index is 12.2. The summed E-state index contributed by atoms with van der Waals surface area (Å²) in [5, 5.41) is 19.9. The van der Waals surface area contributed by atoms with Gasteiger partial charge in [-0.3, -0.25) is 14.9 Å². The van der Waals surface area contributed by atoms with Crippen molar-refractivity contribution < 1.29 is 19.6 Å². The molecule has 1 fully saturated rings. The maximum Gasteiger partial charge on any atom is 0.341 e. The van der Waals surface area contributed by atoms with Crippen LogP contribution in [0.3, 0.4) is 0 Å². The number of carbonyl (C=O) groups excluding carboxylic acids is 1. The lowest BCUT2D eigenvalue weighted by molar-refractivity contribution is -0.384. The number of non-ortho nitro benzene ring substituents is 1. The van der Waals surface area contributed by atoms with Crippen LogP contribution in [0.15, 0.2) is 40.2 Å². The van der Waals surface area contributed by atoms with E-state index in [1.807, 2.05) is 0 Å². The summed E-state index contributed by atoms with van der Waals surface area (Å²) < 4.78 is 0.544. The highest BCUT2D eigenvalue weighted by molar-refractivity contribution is 8.22. The van der Waals surface area contributed by atoms with Crippen LogP contribution >= 0.6 is 23.5 Å². The number of hydrogen-bond donors (Lipinski definition) is 1. The van der Waals surface area contributed by atoms with Crippen LogP contribution in [0.5, 0.6) is 0 Å². The number of nitro groups is 1. The summed E-state index contributed by atoms with van der Waals surface area (Å²) >= 11 is 2.77. The Morgan fingerprint density at radius 3 is 2.30 bits per heavy atom. The Bertz CT molecular complexity index is 686. The first-order chi connectivity index (χ1) is 11.0. The number of rotatable bonds is 5. The zero-order chi connectivity index (χ0) is 16.8. The summed E-state index contributed by atoms with van der Waals surface area (Å²) in [6, 6.07) is 5.65. The predicted octanol–water partition coefficient (Wildman–Crippen LogP) is 3.34. The van der Waals surface area contributed by atoms with Gasteiger partial charge in [0.05, 0.1) is 9.16 Å². The fourth-order valence-electron chi connectivity index (χ4n) is 1.83. The van der Waals surface area contributed by atoms with Crippen LogP contribution in [0.2, 0.25) is 0 Å². The smallest absolute Gasteiger partial charge is 0.341 e. The Labute approximate surface area is 140 Å². The standard InChI is InChI=1S/C15H13NO5S2/c17-12(13(14(18)19)15-22-8-1-9-23-15)7-4-10-2-5-11(6-3-10)16(20)21/h2-7H,1,8-9H2,(H,18,19). The topological polar surface area (TPSA) is 97.5 Å². The summed E-state index contributed by atoms with van der Waals surface area (Å²) in [4.78, 5) is 33.6. The number of nitro benzene ring substituents is 1. The largest absolute Gasteiger partial charge is 0.477 e. The van der Waals surface area contributed by atoms with Crippen LogP contribution in [0.4, 0.5) is 5.69 Å². The minimum Gasteiger partial charge on any atom is -0.477 e. The molecule has 0 amide bonds. The van der Waals surface area contributed by atoms with Crippen LogP contribution in [0, 0.1) is 10.1 Å². The normalized spacial score (nSPS) is 14.7. The Morgan fingerprint density at radius 2 is 1.78 bits per heavy atom. The van der Waals surface area contributed by atoms with Crippen molar-refractivity contribution >= 4 is 47.0 Å². The van der Waals surface area contributed by atoms with Gasteiger partial charge in [-0.25, -0.2) is 4.79 Å². The molecule has 23 heavy (non-hydrogen) atoms. The molecule has 8 heteroatoms. The Kier molecular flexibility index (Phi) is 6.00. The van der Waals surface area contributed by atoms with Gasteiger partial charge in [0.15, 0.2) is 5.78 Å². The van der Waals surface area contributed by atoms with Crippen molar-refractivity contribution in [1.82, 2.24) is 0 Å². The molecule has 120 valence electrons. The average Bonchev–Trinajstić information content (AvgIpc) is 2.54. The number of hydrogen-bond acceptors (Lipinski definition) is 6. The van der Waals surface area contributed by atoms with Gasteiger partial charge in [0.25, 0.3) is 5.69 Å². The lowest BCUT2D eigenvalue weighted by atomic mass is 10.1. The van der Waals surface area contributed by atoms with Crippen LogP contribution in [0.1, 0.15) is 12.0 Å². The highest BCUT2D eigenvalue weighted by atomic mass is 32.2. The van der Waals surface area contributed by atoms with Gasteiger partial charge >= 0.3 is 5.97 Å². The first kappa shape index (κ1) is 17.3. The first-order valence-electron chi connectivity index (χ1n) is 6.69. The number of carboxylic acids is 1. The SMILES string of the molecule is O=C(O)C(C(=O)C=Cc1ccc([N+](=O)[O-])cc1)=C1SCCCS1. The third kappa shape index (κ3) is 4.70. The quantitative estimate of drug-likeness (QED) is 0.286. The minimum absolute atomic E-state index is 0.0446. The third-order valence-corrected chi connectivity index (χ3v) is 5.58. The van der Waals surface area contributed by atoms with E-state index in [-0.39, 0.29) is 11.3 Å². The highest BCUT2D eigenvalue weighted by Gasteiger charge is 2.23. The van der Waals surface area contributed by atoms with E-state index in [4.69, 9.17) is 0 Å². The molecule has 6 nitrogen and oxygen atoms in total. The zero-order valence-electron chi connectivity index (χ0n) is 11.9. The lowest BCUT2D eigenvalue weighted by Crippen LogP contribution is -2.13. The van der Waals surface area contributed by atoms with Gasteiger partial charge in [0.2, 0.25) is 0 Å². The molecule has 1 aliphatic heterocycles. The van der Waals surface area contributed by atoms with E-state index in [9.17, 15) is 24.8 Å². The molecular weight excluding hydrogens is 338 g/mol. The zero-order valence-corrected chi connectivity index (χ0v) is 13.6. The highest BCUT2D eigenvalue weighted by Crippen LogP contribution is 2.37. The molecule has 1 aliphatic rings. The molecule has 0 saturated carbocycles. The van der Waals surface area contributed by atoms with Gasteiger partial charge in [0.1, 0.15) is 5.57 Å². The second kappa shape index (κ2) is 7.98.